The lowest BCUT2D eigenvalue weighted by Crippen LogP contribution is -2.24. The van der Waals surface area contributed by atoms with Crippen molar-refractivity contribution in [2.24, 2.45) is 11.8 Å². The van der Waals surface area contributed by atoms with Gasteiger partial charge in [0.1, 0.15) is 5.78 Å². The van der Waals surface area contributed by atoms with E-state index in [0.717, 1.165) is 25.7 Å². The van der Waals surface area contributed by atoms with Crippen molar-refractivity contribution in [3.63, 3.8) is 0 Å². The van der Waals surface area contributed by atoms with Gasteiger partial charge in [-0.05, 0) is 36.3 Å². The monoisotopic (exact) mass is 242 g/mol. The zero-order chi connectivity index (χ0) is 12.4. The van der Waals surface area contributed by atoms with Crippen molar-refractivity contribution in [3.8, 4) is 0 Å². The highest BCUT2D eigenvalue weighted by Crippen LogP contribution is 2.32. The van der Waals surface area contributed by atoms with Crippen LogP contribution in [0.1, 0.15) is 49.7 Å². The summed E-state index contributed by atoms with van der Waals surface area (Å²) in [7, 11) is 0. The van der Waals surface area contributed by atoms with Crippen molar-refractivity contribution in [1.82, 2.24) is 0 Å². The van der Waals surface area contributed by atoms with Crippen LogP contribution in [0, 0.1) is 11.8 Å². The number of hydrogen-bond acceptors (Lipinski definition) is 1. The summed E-state index contributed by atoms with van der Waals surface area (Å²) in [4.78, 5) is 12.4. The molecule has 1 saturated carbocycles. The second kappa shape index (κ2) is 5.26. The van der Waals surface area contributed by atoms with Crippen LogP contribution in [0.5, 0.6) is 0 Å². The fourth-order valence-corrected chi connectivity index (χ4v) is 3.64. The number of fused-ring (bicyclic) bond motifs is 1. The standard InChI is InChI=1S/C17H22O/c18-17(11-13-5-1-2-6-13)16-10-9-14-7-3-4-8-15(14)12-16/h3-4,7-8,13,16H,1-2,5-6,9-12H2. The van der Waals surface area contributed by atoms with Gasteiger partial charge in [-0.2, -0.15) is 0 Å². The molecule has 0 heterocycles. The molecule has 0 bridgehead atoms. The zero-order valence-electron chi connectivity index (χ0n) is 11.0. The van der Waals surface area contributed by atoms with E-state index < -0.39 is 0 Å². The minimum Gasteiger partial charge on any atom is -0.299 e. The largest absolute Gasteiger partial charge is 0.299 e. The summed E-state index contributed by atoms with van der Waals surface area (Å²) in [6, 6.07) is 8.62. The van der Waals surface area contributed by atoms with E-state index in [-0.39, 0.29) is 0 Å². The number of Topliss-reactive ketones (excluding diaryl/α,β-unsaturated/α-hetero) is 1. The first-order chi connectivity index (χ1) is 8.83. The number of carbonyl (C=O) groups is 1. The number of benzene rings is 1. The van der Waals surface area contributed by atoms with E-state index >= 15 is 0 Å². The molecule has 0 aromatic heterocycles. The molecule has 0 spiro atoms. The Bertz CT molecular complexity index is 429. The molecule has 1 atom stereocenters. The summed E-state index contributed by atoms with van der Waals surface area (Å²) in [6.45, 7) is 0. The molecule has 2 aliphatic rings. The van der Waals surface area contributed by atoms with E-state index in [4.69, 9.17) is 0 Å². The molecular weight excluding hydrogens is 220 g/mol. The third kappa shape index (κ3) is 2.50. The highest BCUT2D eigenvalue weighted by Gasteiger charge is 2.27. The van der Waals surface area contributed by atoms with Crippen molar-refractivity contribution in [2.45, 2.75) is 51.4 Å². The normalized spacial score (nSPS) is 23.9. The second-order valence-electron chi connectivity index (χ2n) is 6.03. The first kappa shape index (κ1) is 12.0. The number of aryl methyl sites for hydroxylation is 1. The summed E-state index contributed by atoms with van der Waals surface area (Å²) in [5, 5.41) is 0. The van der Waals surface area contributed by atoms with E-state index in [0.29, 0.717) is 17.6 Å². The molecule has 1 nitrogen and oxygen atoms in total. The zero-order valence-corrected chi connectivity index (χ0v) is 11.0. The molecule has 96 valence electrons. The fraction of sp³-hybridized carbons (Fsp3) is 0.588. The highest BCUT2D eigenvalue weighted by molar-refractivity contribution is 5.81. The number of hydrogen-bond donors (Lipinski definition) is 0. The average Bonchev–Trinajstić information content (AvgIpc) is 2.91. The SMILES string of the molecule is O=C(CC1CCCC1)C1CCc2ccccc2C1. The van der Waals surface area contributed by atoms with Crippen LogP contribution in [-0.4, -0.2) is 5.78 Å². The topological polar surface area (TPSA) is 17.1 Å². The average molecular weight is 242 g/mol. The highest BCUT2D eigenvalue weighted by atomic mass is 16.1. The Morgan fingerprint density at radius 1 is 1.06 bits per heavy atom. The molecule has 18 heavy (non-hydrogen) atoms. The van der Waals surface area contributed by atoms with Gasteiger partial charge in [0.2, 0.25) is 0 Å². The van der Waals surface area contributed by atoms with Crippen LogP contribution in [-0.2, 0) is 17.6 Å². The molecule has 1 fully saturated rings. The van der Waals surface area contributed by atoms with Crippen molar-refractivity contribution < 1.29 is 4.79 Å². The van der Waals surface area contributed by atoms with Crippen LogP contribution < -0.4 is 0 Å². The lowest BCUT2D eigenvalue weighted by atomic mass is 9.79. The minimum atomic E-state index is 0.306. The molecule has 1 aromatic rings. The Balaban J connectivity index is 1.62. The molecule has 1 heteroatoms. The van der Waals surface area contributed by atoms with Gasteiger partial charge in [-0.25, -0.2) is 0 Å². The van der Waals surface area contributed by atoms with Gasteiger partial charge in [-0.1, -0.05) is 49.9 Å². The van der Waals surface area contributed by atoms with Gasteiger partial charge < -0.3 is 0 Å². The van der Waals surface area contributed by atoms with Crippen LogP contribution >= 0.6 is 0 Å². The van der Waals surface area contributed by atoms with Gasteiger partial charge in [0.05, 0.1) is 0 Å². The van der Waals surface area contributed by atoms with Gasteiger partial charge in [0, 0.05) is 12.3 Å². The van der Waals surface area contributed by atoms with Crippen LogP contribution in [0.25, 0.3) is 0 Å². The number of rotatable bonds is 3. The maximum Gasteiger partial charge on any atom is 0.136 e. The van der Waals surface area contributed by atoms with E-state index in [1.165, 1.54) is 36.8 Å². The van der Waals surface area contributed by atoms with Crippen LogP contribution in [0.2, 0.25) is 0 Å². The molecule has 0 N–H and O–H groups in total. The Labute approximate surface area is 110 Å². The Morgan fingerprint density at radius 3 is 2.56 bits per heavy atom. The Kier molecular flexibility index (Phi) is 3.49. The van der Waals surface area contributed by atoms with Crippen LogP contribution in [0.3, 0.4) is 0 Å². The lowest BCUT2D eigenvalue weighted by molar-refractivity contribution is -0.124. The molecule has 0 aliphatic heterocycles. The summed E-state index contributed by atoms with van der Waals surface area (Å²) in [5.74, 6) is 1.55. The van der Waals surface area contributed by atoms with Gasteiger partial charge in [0.15, 0.2) is 0 Å². The second-order valence-corrected chi connectivity index (χ2v) is 6.03. The number of carbonyl (C=O) groups excluding carboxylic acids is 1. The molecular formula is C17H22O. The first-order valence-electron chi connectivity index (χ1n) is 7.42. The summed E-state index contributed by atoms with van der Waals surface area (Å²) >= 11 is 0. The van der Waals surface area contributed by atoms with Crippen molar-refractivity contribution in [1.29, 1.82) is 0 Å². The fourth-order valence-electron chi connectivity index (χ4n) is 3.64. The summed E-state index contributed by atoms with van der Waals surface area (Å²) in [6.07, 6.45) is 9.26. The van der Waals surface area contributed by atoms with E-state index in [9.17, 15) is 4.79 Å². The Hall–Kier alpha value is -1.11. The maximum absolute atomic E-state index is 12.4. The molecule has 1 aromatic carbocycles. The predicted molar refractivity (Wildman–Crippen MR) is 73.5 cm³/mol. The van der Waals surface area contributed by atoms with Gasteiger partial charge in [-0.3, -0.25) is 4.79 Å². The third-order valence-corrected chi connectivity index (χ3v) is 4.77. The van der Waals surface area contributed by atoms with Gasteiger partial charge in [0.25, 0.3) is 0 Å². The number of ketones is 1. The molecule has 3 rings (SSSR count). The van der Waals surface area contributed by atoms with E-state index in [2.05, 4.69) is 24.3 Å². The van der Waals surface area contributed by atoms with E-state index in [1.807, 2.05) is 0 Å². The molecule has 1 unspecified atom stereocenters. The molecule has 0 radical (unpaired) electrons. The van der Waals surface area contributed by atoms with Crippen molar-refractivity contribution >= 4 is 5.78 Å². The first-order valence-corrected chi connectivity index (χ1v) is 7.42. The summed E-state index contributed by atoms with van der Waals surface area (Å²) in [5.41, 5.74) is 2.87. The van der Waals surface area contributed by atoms with Gasteiger partial charge in [-0.15, -0.1) is 0 Å². The lowest BCUT2D eigenvalue weighted by Gasteiger charge is -2.24. The van der Waals surface area contributed by atoms with Crippen LogP contribution in [0.15, 0.2) is 24.3 Å². The van der Waals surface area contributed by atoms with Gasteiger partial charge >= 0.3 is 0 Å². The van der Waals surface area contributed by atoms with Crippen LogP contribution in [0.4, 0.5) is 0 Å². The predicted octanol–water partition coefficient (Wildman–Crippen LogP) is 3.94. The smallest absolute Gasteiger partial charge is 0.136 e. The van der Waals surface area contributed by atoms with Crippen molar-refractivity contribution in [2.75, 3.05) is 0 Å². The maximum atomic E-state index is 12.4. The summed E-state index contributed by atoms with van der Waals surface area (Å²) < 4.78 is 0. The Morgan fingerprint density at radius 2 is 1.78 bits per heavy atom. The van der Waals surface area contributed by atoms with Crippen molar-refractivity contribution in [3.05, 3.63) is 35.4 Å². The quantitative estimate of drug-likeness (QED) is 0.784. The molecule has 0 saturated heterocycles. The minimum absolute atomic E-state index is 0.306. The molecule has 0 amide bonds. The molecule has 2 aliphatic carbocycles. The van der Waals surface area contributed by atoms with E-state index in [1.54, 1.807) is 0 Å². The third-order valence-electron chi connectivity index (χ3n) is 4.77.